The van der Waals surface area contributed by atoms with Crippen molar-refractivity contribution in [3.05, 3.63) is 16.1 Å². The second-order valence-electron chi connectivity index (χ2n) is 3.96. The van der Waals surface area contributed by atoms with Gasteiger partial charge >= 0.3 is 0 Å². The molecule has 0 amide bonds. The van der Waals surface area contributed by atoms with Crippen molar-refractivity contribution in [1.29, 1.82) is 0 Å². The topological polar surface area (TPSA) is 42.2 Å². The minimum absolute atomic E-state index is 0.425. The lowest BCUT2D eigenvalue weighted by Crippen LogP contribution is -2.39. The molecule has 0 spiro atoms. The normalized spacial score (nSPS) is 20.1. The van der Waals surface area contributed by atoms with Gasteiger partial charge in [-0.15, -0.1) is 11.3 Å². The first-order valence-corrected chi connectivity index (χ1v) is 5.95. The quantitative estimate of drug-likeness (QED) is 0.803. The molecule has 1 aliphatic rings. The molecule has 78 valence electrons. The Morgan fingerprint density at radius 2 is 2.29 bits per heavy atom. The van der Waals surface area contributed by atoms with Crippen LogP contribution in [-0.4, -0.2) is 29.0 Å². The van der Waals surface area contributed by atoms with Gasteiger partial charge in [-0.1, -0.05) is 0 Å². The Balaban J connectivity index is 1.86. The highest BCUT2D eigenvalue weighted by atomic mass is 32.1. The Morgan fingerprint density at radius 3 is 2.86 bits per heavy atom. The summed E-state index contributed by atoms with van der Waals surface area (Å²) in [5, 5.41) is 1.16. The molecule has 1 aromatic rings. The third-order valence-electron chi connectivity index (χ3n) is 2.68. The van der Waals surface area contributed by atoms with Crippen molar-refractivity contribution < 1.29 is 0 Å². The average Bonchev–Trinajstić information content (AvgIpc) is 2.56. The van der Waals surface area contributed by atoms with E-state index in [9.17, 15) is 0 Å². The molecule has 0 aromatic carbocycles. The van der Waals surface area contributed by atoms with Crippen LogP contribution >= 0.6 is 11.3 Å². The Bertz CT molecular complexity index is 289. The highest BCUT2D eigenvalue weighted by Crippen LogP contribution is 2.17. The van der Waals surface area contributed by atoms with E-state index in [1.165, 1.54) is 4.88 Å². The molecule has 1 aliphatic heterocycles. The highest BCUT2D eigenvalue weighted by molar-refractivity contribution is 7.11. The molecule has 1 fully saturated rings. The summed E-state index contributed by atoms with van der Waals surface area (Å²) in [6.45, 7) is 5.38. The van der Waals surface area contributed by atoms with Gasteiger partial charge in [0.2, 0.25) is 0 Å². The summed E-state index contributed by atoms with van der Waals surface area (Å²) in [6.07, 6.45) is 4.27. The lowest BCUT2D eigenvalue weighted by Gasteiger charge is -2.29. The number of hydrogen-bond donors (Lipinski definition) is 1. The van der Waals surface area contributed by atoms with E-state index in [0.717, 1.165) is 37.5 Å². The van der Waals surface area contributed by atoms with Crippen molar-refractivity contribution in [3.63, 3.8) is 0 Å². The molecule has 0 radical (unpaired) electrons. The number of rotatable bonds is 2. The number of likely N-dealkylation sites (tertiary alicyclic amines) is 1. The molecule has 0 saturated carbocycles. The van der Waals surface area contributed by atoms with E-state index in [0.29, 0.717) is 6.04 Å². The molecule has 0 bridgehead atoms. The van der Waals surface area contributed by atoms with Gasteiger partial charge < -0.3 is 5.73 Å². The van der Waals surface area contributed by atoms with E-state index in [1.54, 1.807) is 11.3 Å². The van der Waals surface area contributed by atoms with Gasteiger partial charge in [0.25, 0.3) is 0 Å². The predicted molar refractivity (Wildman–Crippen MR) is 59.3 cm³/mol. The second-order valence-corrected chi connectivity index (χ2v) is 5.28. The lowest BCUT2D eigenvalue weighted by molar-refractivity contribution is 0.207. The first-order valence-electron chi connectivity index (χ1n) is 5.13. The van der Waals surface area contributed by atoms with E-state index in [-0.39, 0.29) is 0 Å². The molecule has 1 aromatic heterocycles. The number of aromatic nitrogens is 1. The maximum absolute atomic E-state index is 5.86. The molecule has 3 nitrogen and oxygen atoms in total. The summed E-state index contributed by atoms with van der Waals surface area (Å²) in [6, 6.07) is 0.425. The van der Waals surface area contributed by atoms with Crippen molar-refractivity contribution in [1.82, 2.24) is 9.88 Å². The van der Waals surface area contributed by atoms with Gasteiger partial charge in [0.05, 0.1) is 5.01 Å². The summed E-state index contributed by atoms with van der Waals surface area (Å²) >= 11 is 1.80. The molecule has 2 heterocycles. The molecular formula is C10H17N3S. The second kappa shape index (κ2) is 4.38. The van der Waals surface area contributed by atoms with Crippen LogP contribution in [0.15, 0.2) is 6.20 Å². The lowest BCUT2D eigenvalue weighted by atomic mass is 10.1. The summed E-state index contributed by atoms with van der Waals surface area (Å²) < 4.78 is 0. The van der Waals surface area contributed by atoms with Crippen LogP contribution in [0.3, 0.4) is 0 Å². The number of aryl methyl sites for hydroxylation is 1. The van der Waals surface area contributed by atoms with Gasteiger partial charge in [-0.2, -0.15) is 0 Å². The third kappa shape index (κ3) is 2.53. The average molecular weight is 211 g/mol. The van der Waals surface area contributed by atoms with E-state index in [4.69, 9.17) is 5.73 Å². The smallest absolute Gasteiger partial charge is 0.0897 e. The van der Waals surface area contributed by atoms with Crippen molar-refractivity contribution in [2.24, 2.45) is 5.73 Å². The van der Waals surface area contributed by atoms with Crippen molar-refractivity contribution in [3.8, 4) is 0 Å². The Morgan fingerprint density at radius 1 is 1.57 bits per heavy atom. The molecule has 0 unspecified atom stereocenters. The van der Waals surface area contributed by atoms with Crippen LogP contribution in [0, 0.1) is 6.92 Å². The number of nitrogens with zero attached hydrogens (tertiary/aromatic N) is 2. The number of piperidine rings is 1. The summed E-state index contributed by atoms with van der Waals surface area (Å²) in [4.78, 5) is 8.11. The molecule has 2 N–H and O–H groups in total. The van der Waals surface area contributed by atoms with Crippen LogP contribution < -0.4 is 5.73 Å². The number of hydrogen-bond acceptors (Lipinski definition) is 4. The molecule has 14 heavy (non-hydrogen) atoms. The fraction of sp³-hybridized carbons (Fsp3) is 0.700. The van der Waals surface area contributed by atoms with E-state index in [1.807, 2.05) is 6.20 Å². The number of nitrogens with two attached hydrogens (primary N) is 1. The first kappa shape index (κ1) is 10.1. The zero-order valence-corrected chi connectivity index (χ0v) is 9.39. The Kier molecular flexibility index (Phi) is 3.15. The molecule has 0 atom stereocenters. The predicted octanol–water partition coefficient (Wildman–Crippen LogP) is 1.37. The minimum Gasteiger partial charge on any atom is -0.328 e. The van der Waals surface area contributed by atoms with Gasteiger partial charge in [0.1, 0.15) is 0 Å². The first-order chi connectivity index (χ1) is 6.74. The standard InChI is InChI=1S/C10H17N3S/c1-8-12-6-10(14-8)7-13-4-2-9(11)3-5-13/h6,9H,2-5,7,11H2,1H3. The van der Waals surface area contributed by atoms with Crippen LogP contribution in [0.1, 0.15) is 22.7 Å². The zero-order valence-electron chi connectivity index (χ0n) is 8.57. The fourth-order valence-corrected chi connectivity index (χ4v) is 2.65. The molecular weight excluding hydrogens is 194 g/mol. The van der Waals surface area contributed by atoms with Gasteiger partial charge in [0, 0.05) is 23.7 Å². The molecule has 0 aliphatic carbocycles. The summed E-state index contributed by atoms with van der Waals surface area (Å²) in [5.74, 6) is 0. The van der Waals surface area contributed by atoms with Gasteiger partial charge in [-0.05, 0) is 32.9 Å². The van der Waals surface area contributed by atoms with E-state index < -0.39 is 0 Å². The van der Waals surface area contributed by atoms with Gasteiger partial charge in [0.15, 0.2) is 0 Å². The fourth-order valence-electron chi connectivity index (χ4n) is 1.81. The van der Waals surface area contributed by atoms with E-state index >= 15 is 0 Å². The third-order valence-corrected chi connectivity index (χ3v) is 3.58. The maximum Gasteiger partial charge on any atom is 0.0897 e. The summed E-state index contributed by atoms with van der Waals surface area (Å²) in [7, 11) is 0. The zero-order chi connectivity index (χ0) is 9.97. The van der Waals surface area contributed by atoms with Crippen LogP contribution in [0.25, 0.3) is 0 Å². The van der Waals surface area contributed by atoms with Gasteiger partial charge in [-0.3, -0.25) is 4.90 Å². The largest absolute Gasteiger partial charge is 0.328 e. The van der Waals surface area contributed by atoms with E-state index in [2.05, 4.69) is 16.8 Å². The highest BCUT2D eigenvalue weighted by Gasteiger charge is 2.16. The van der Waals surface area contributed by atoms with Crippen molar-refractivity contribution >= 4 is 11.3 Å². The monoisotopic (exact) mass is 211 g/mol. The van der Waals surface area contributed by atoms with Crippen LogP contribution in [0.4, 0.5) is 0 Å². The molecule has 1 saturated heterocycles. The van der Waals surface area contributed by atoms with Crippen LogP contribution in [0.2, 0.25) is 0 Å². The summed E-state index contributed by atoms with van der Waals surface area (Å²) in [5.41, 5.74) is 5.86. The van der Waals surface area contributed by atoms with Crippen molar-refractivity contribution in [2.75, 3.05) is 13.1 Å². The maximum atomic E-state index is 5.86. The van der Waals surface area contributed by atoms with Crippen LogP contribution in [0.5, 0.6) is 0 Å². The minimum atomic E-state index is 0.425. The molecule has 4 heteroatoms. The SMILES string of the molecule is Cc1ncc(CN2CCC(N)CC2)s1. The number of thiazole rings is 1. The van der Waals surface area contributed by atoms with Gasteiger partial charge in [-0.25, -0.2) is 4.98 Å². The Labute approximate surface area is 88.9 Å². The molecule has 2 rings (SSSR count). The van der Waals surface area contributed by atoms with Crippen LogP contribution in [-0.2, 0) is 6.54 Å². The Hall–Kier alpha value is -0.450. The van der Waals surface area contributed by atoms with Crippen molar-refractivity contribution in [2.45, 2.75) is 32.4 Å².